The number of nitrogens with zero attached hydrogens (tertiary/aromatic N) is 5. The molecule has 3 aromatic rings. The van der Waals surface area contributed by atoms with E-state index in [0.717, 1.165) is 23.0 Å². The lowest BCUT2D eigenvalue weighted by atomic mass is 10.0. The molecule has 2 aliphatic rings. The fourth-order valence-electron chi connectivity index (χ4n) is 4.94. The van der Waals surface area contributed by atoms with Crippen LogP contribution in [-0.4, -0.2) is 73.9 Å². The number of benzene rings is 1. The van der Waals surface area contributed by atoms with Crippen LogP contribution >= 0.6 is 11.6 Å². The highest BCUT2D eigenvalue weighted by Gasteiger charge is 2.34. The zero-order valence-electron chi connectivity index (χ0n) is 20.2. The first-order valence-electron chi connectivity index (χ1n) is 12.0. The molecule has 0 bridgehead atoms. The lowest BCUT2D eigenvalue weighted by Gasteiger charge is -2.35. The lowest BCUT2D eigenvalue weighted by molar-refractivity contribution is 0.0193. The number of carbonyl (C=O) groups is 1. The molecule has 5 rings (SSSR count). The van der Waals surface area contributed by atoms with Gasteiger partial charge < -0.3 is 19.6 Å². The van der Waals surface area contributed by atoms with Crippen molar-refractivity contribution in [1.29, 1.82) is 0 Å². The Hall–Kier alpha value is -2.82. The molecular formula is C25H28ClF2N5O3. The maximum atomic E-state index is 14.9. The highest BCUT2D eigenvalue weighted by Crippen LogP contribution is 2.32. The van der Waals surface area contributed by atoms with Gasteiger partial charge in [-0.05, 0) is 38.8 Å². The summed E-state index contributed by atoms with van der Waals surface area (Å²) in [5, 5.41) is 14.2. The molecule has 1 saturated heterocycles. The molecule has 192 valence electrons. The second-order valence-electron chi connectivity index (χ2n) is 9.40. The van der Waals surface area contributed by atoms with E-state index in [-0.39, 0.29) is 43.5 Å². The van der Waals surface area contributed by atoms with Crippen molar-refractivity contribution in [2.45, 2.75) is 52.1 Å². The second kappa shape index (κ2) is 9.91. The topological polar surface area (TPSA) is 83.2 Å². The minimum Gasteiger partial charge on any atom is -0.486 e. The molecule has 2 aromatic heterocycles. The number of ether oxygens (including phenoxy) is 1. The fraction of sp³-hybridized carbons (Fsp3) is 0.480. The monoisotopic (exact) mass is 519 g/mol. The molecular weight excluding hydrogens is 492 g/mol. The third-order valence-electron chi connectivity index (χ3n) is 6.89. The molecule has 2 atom stereocenters. The van der Waals surface area contributed by atoms with Gasteiger partial charge in [-0.3, -0.25) is 4.79 Å². The number of aliphatic hydroxyl groups is 1. The van der Waals surface area contributed by atoms with Crippen molar-refractivity contribution >= 4 is 23.2 Å². The van der Waals surface area contributed by atoms with Crippen LogP contribution in [0.15, 0.2) is 18.2 Å². The molecule has 0 aliphatic carbocycles. The predicted octanol–water partition coefficient (Wildman–Crippen LogP) is 3.47. The first kappa shape index (κ1) is 24.9. The van der Waals surface area contributed by atoms with Crippen LogP contribution in [0.5, 0.6) is 5.75 Å². The van der Waals surface area contributed by atoms with Crippen molar-refractivity contribution in [3.05, 3.63) is 57.2 Å². The van der Waals surface area contributed by atoms with Crippen molar-refractivity contribution in [2.24, 2.45) is 0 Å². The van der Waals surface area contributed by atoms with Gasteiger partial charge in [0.2, 0.25) is 0 Å². The predicted molar refractivity (Wildman–Crippen MR) is 130 cm³/mol. The van der Waals surface area contributed by atoms with Crippen molar-refractivity contribution < 1.29 is 23.4 Å². The van der Waals surface area contributed by atoms with Crippen LogP contribution in [0.25, 0.3) is 5.65 Å². The number of aryl methyl sites for hydroxylation is 2. The average Bonchev–Trinajstić information content (AvgIpc) is 3.42. The number of alkyl halides is 1. The summed E-state index contributed by atoms with van der Waals surface area (Å²) in [5.74, 6) is -0.877. The maximum Gasteiger partial charge on any atom is 0.258 e. The van der Waals surface area contributed by atoms with Crippen LogP contribution in [0.4, 0.5) is 8.78 Å². The summed E-state index contributed by atoms with van der Waals surface area (Å²) < 4.78 is 36.6. The Morgan fingerprint density at radius 3 is 2.86 bits per heavy atom. The van der Waals surface area contributed by atoms with Crippen LogP contribution < -0.4 is 4.74 Å². The second-order valence-corrected chi connectivity index (χ2v) is 9.78. The Morgan fingerprint density at radius 2 is 2.11 bits per heavy atom. The number of aliphatic hydroxyl groups excluding tert-OH is 1. The number of fused-ring (bicyclic) bond motifs is 3. The number of hydrogen-bond donors (Lipinski definition) is 1. The first-order valence-corrected chi connectivity index (χ1v) is 12.4. The molecule has 4 heterocycles. The number of likely N-dealkylation sites (tertiary alicyclic amines) is 1. The van der Waals surface area contributed by atoms with Gasteiger partial charge in [-0.1, -0.05) is 11.6 Å². The summed E-state index contributed by atoms with van der Waals surface area (Å²) in [6.45, 7) is 5.66. The van der Waals surface area contributed by atoms with Crippen molar-refractivity contribution in [1.82, 2.24) is 24.4 Å². The van der Waals surface area contributed by atoms with Crippen LogP contribution in [0.2, 0.25) is 5.02 Å². The molecule has 1 aromatic carbocycles. The van der Waals surface area contributed by atoms with Gasteiger partial charge in [-0.2, -0.15) is 5.10 Å². The van der Waals surface area contributed by atoms with E-state index >= 15 is 0 Å². The Bertz CT molecular complexity index is 1320. The van der Waals surface area contributed by atoms with Crippen molar-refractivity contribution in [3.63, 3.8) is 0 Å². The number of amides is 1. The number of aromatic nitrogens is 3. The smallest absolute Gasteiger partial charge is 0.258 e. The zero-order chi connectivity index (χ0) is 25.6. The zero-order valence-corrected chi connectivity index (χ0v) is 20.9. The van der Waals surface area contributed by atoms with E-state index in [2.05, 4.69) is 10.1 Å². The number of carbonyl (C=O) groups excluding carboxylic acids is 1. The summed E-state index contributed by atoms with van der Waals surface area (Å²) in [5.41, 5.74) is 3.87. The summed E-state index contributed by atoms with van der Waals surface area (Å²) >= 11 is 6.32. The number of hydrogen-bond acceptors (Lipinski definition) is 6. The molecule has 1 N–H and O–H groups in total. The standard InChI is InChI=1S/C25H28ClF2N5O3/c1-14-23(26)15(2)33-24(29-14)18-11-32(13-20(18)30-33)25(35)17-5-4-16(27)10-22(17)36-21-6-8-31(7-3-9-34)12-19(21)28/h4-5,10,19,21,34H,3,6-9,11-13H2,1-2H3/t19-,21-/m0/s1. The Morgan fingerprint density at radius 1 is 1.31 bits per heavy atom. The van der Waals surface area contributed by atoms with E-state index in [4.69, 9.17) is 21.4 Å². The van der Waals surface area contributed by atoms with Gasteiger partial charge >= 0.3 is 0 Å². The van der Waals surface area contributed by atoms with Gasteiger partial charge in [-0.15, -0.1) is 0 Å². The van der Waals surface area contributed by atoms with Gasteiger partial charge in [0.1, 0.15) is 23.8 Å². The van der Waals surface area contributed by atoms with Crippen molar-refractivity contribution in [2.75, 3.05) is 26.2 Å². The lowest BCUT2D eigenvalue weighted by Crippen LogP contribution is -2.47. The highest BCUT2D eigenvalue weighted by molar-refractivity contribution is 6.31. The Kier molecular flexibility index (Phi) is 6.84. The molecule has 11 heteroatoms. The molecule has 2 aliphatic heterocycles. The SMILES string of the molecule is Cc1nc2c3c(nn2c(C)c1Cl)CN(C(=O)c1ccc(F)cc1O[C@H]1CCN(CCCO)C[C@@H]1F)C3. The van der Waals surface area contributed by atoms with Gasteiger partial charge in [0.25, 0.3) is 5.91 Å². The normalized spacial score (nSPS) is 20.2. The molecule has 0 saturated carbocycles. The molecule has 36 heavy (non-hydrogen) atoms. The fourth-order valence-corrected chi connectivity index (χ4v) is 5.06. The van der Waals surface area contributed by atoms with Crippen LogP contribution in [0, 0.1) is 19.7 Å². The van der Waals surface area contributed by atoms with Crippen LogP contribution in [0.1, 0.15) is 45.8 Å². The van der Waals surface area contributed by atoms with Gasteiger partial charge in [0.15, 0.2) is 5.65 Å². The summed E-state index contributed by atoms with van der Waals surface area (Å²) in [7, 11) is 0. The third-order valence-corrected chi connectivity index (χ3v) is 7.44. The molecule has 0 unspecified atom stereocenters. The number of rotatable bonds is 6. The minimum absolute atomic E-state index is 0.0341. The quantitative estimate of drug-likeness (QED) is 0.537. The molecule has 0 radical (unpaired) electrons. The Labute approximate surface area is 212 Å². The van der Waals surface area contributed by atoms with Gasteiger partial charge in [-0.25, -0.2) is 18.3 Å². The van der Waals surface area contributed by atoms with Crippen LogP contribution in [-0.2, 0) is 13.1 Å². The van der Waals surface area contributed by atoms with Crippen LogP contribution in [0.3, 0.4) is 0 Å². The van der Waals surface area contributed by atoms with E-state index in [9.17, 15) is 13.6 Å². The number of halogens is 3. The van der Waals surface area contributed by atoms with E-state index in [0.29, 0.717) is 42.3 Å². The van der Waals surface area contributed by atoms with Gasteiger partial charge in [0, 0.05) is 37.9 Å². The third kappa shape index (κ3) is 4.53. The molecule has 1 fully saturated rings. The highest BCUT2D eigenvalue weighted by atomic mass is 35.5. The summed E-state index contributed by atoms with van der Waals surface area (Å²) in [6, 6.07) is 3.72. The van der Waals surface area contributed by atoms with E-state index in [1.807, 2.05) is 18.7 Å². The molecule has 1 amide bonds. The summed E-state index contributed by atoms with van der Waals surface area (Å²) in [4.78, 5) is 21.6. The largest absolute Gasteiger partial charge is 0.486 e. The molecule has 8 nitrogen and oxygen atoms in total. The first-order chi connectivity index (χ1) is 17.3. The van der Waals surface area contributed by atoms with E-state index in [1.54, 1.807) is 9.42 Å². The molecule has 0 spiro atoms. The minimum atomic E-state index is -1.29. The van der Waals surface area contributed by atoms with E-state index in [1.165, 1.54) is 12.1 Å². The average molecular weight is 520 g/mol. The van der Waals surface area contributed by atoms with Crippen molar-refractivity contribution in [3.8, 4) is 5.75 Å². The number of piperidine rings is 1. The summed E-state index contributed by atoms with van der Waals surface area (Å²) in [6.07, 6.45) is -1.11. The van der Waals surface area contributed by atoms with E-state index < -0.39 is 18.1 Å². The maximum absolute atomic E-state index is 14.9. The Balaban J connectivity index is 1.34. The van der Waals surface area contributed by atoms with Gasteiger partial charge in [0.05, 0.1) is 40.8 Å².